The molecule has 0 saturated carbocycles. The number of hydrogen-bond acceptors (Lipinski definition) is 2. The average Bonchev–Trinajstić information content (AvgIpc) is 2.73. The zero-order valence-electron chi connectivity index (χ0n) is 11.1. The molecule has 1 saturated heterocycles. The number of ether oxygens (including phenoxy) is 1. The summed E-state index contributed by atoms with van der Waals surface area (Å²) in [4.78, 5) is 1.43. The van der Waals surface area contributed by atoms with Crippen molar-refractivity contribution in [2.75, 3.05) is 19.5 Å². The van der Waals surface area contributed by atoms with E-state index in [1.165, 1.54) is 4.90 Å². The van der Waals surface area contributed by atoms with Crippen LogP contribution in [-0.2, 0) is 11.3 Å². The number of rotatable bonds is 5. The van der Waals surface area contributed by atoms with Gasteiger partial charge in [0.25, 0.3) is 0 Å². The van der Waals surface area contributed by atoms with Gasteiger partial charge in [-0.25, -0.2) is 0 Å². The number of halogens is 3. The number of hydrogen-bond donors (Lipinski definition) is 0. The molecule has 0 bridgehead atoms. The first-order valence-electron chi connectivity index (χ1n) is 6.12. The second kappa shape index (κ2) is 8.17. The van der Waals surface area contributed by atoms with Crippen molar-refractivity contribution in [2.24, 2.45) is 0 Å². The van der Waals surface area contributed by atoms with E-state index in [1.807, 2.05) is 30.3 Å². The van der Waals surface area contributed by atoms with Gasteiger partial charge in [0.1, 0.15) is 0 Å². The number of likely N-dealkylation sites (tertiary alicyclic amines) is 1. The molecule has 1 fully saturated rings. The van der Waals surface area contributed by atoms with E-state index in [2.05, 4.69) is 0 Å². The second-order valence-electron chi connectivity index (χ2n) is 4.68. The fourth-order valence-electron chi connectivity index (χ4n) is 2.18. The molecule has 1 heterocycles. The van der Waals surface area contributed by atoms with Crippen molar-refractivity contribution >= 4 is 6.98 Å². The summed E-state index contributed by atoms with van der Waals surface area (Å²) in [7, 11) is 0. The predicted molar refractivity (Wildman–Crippen MR) is 65.2 cm³/mol. The van der Waals surface area contributed by atoms with E-state index in [0.29, 0.717) is 26.1 Å². The fourth-order valence-corrected chi connectivity index (χ4v) is 2.18. The van der Waals surface area contributed by atoms with Crippen LogP contribution < -0.4 is 51.4 Å². The standard InChI is InChI=1S/C12H16BF3NO.K/c14-13(15,16)10-17-7-6-12(8-17)18-9-11-4-2-1-3-5-11;/h1-5,12H,6-10H2;/q-1;+1. The van der Waals surface area contributed by atoms with E-state index in [-0.39, 0.29) is 57.5 Å². The molecular formula is C12H16BF3KNO. The zero-order chi connectivity index (χ0) is 13.0. The molecule has 0 aromatic heterocycles. The molecular weight excluding hydrogens is 281 g/mol. The minimum Gasteiger partial charge on any atom is -0.448 e. The monoisotopic (exact) mass is 297 g/mol. The molecule has 2 rings (SSSR count). The zero-order valence-corrected chi connectivity index (χ0v) is 14.2. The van der Waals surface area contributed by atoms with Crippen LogP contribution in [-0.4, -0.2) is 37.5 Å². The van der Waals surface area contributed by atoms with Crippen molar-refractivity contribution in [1.82, 2.24) is 4.90 Å². The minimum atomic E-state index is -4.72. The van der Waals surface area contributed by atoms with Gasteiger partial charge >= 0.3 is 58.4 Å². The van der Waals surface area contributed by atoms with Crippen molar-refractivity contribution in [1.29, 1.82) is 0 Å². The van der Waals surface area contributed by atoms with Crippen LogP contribution in [0.25, 0.3) is 0 Å². The fraction of sp³-hybridized carbons (Fsp3) is 0.500. The summed E-state index contributed by atoms with van der Waals surface area (Å²) >= 11 is 0. The summed E-state index contributed by atoms with van der Waals surface area (Å²) in [5.74, 6) is 0. The van der Waals surface area contributed by atoms with Crippen LogP contribution >= 0.6 is 0 Å². The topological polar surface area (TPSA) is 12.5 Å². The first-order chi connectivity index (χ1) is 8.53. The predicted octanol–water partition coefficient (Wildman–Crippen LogP) is -0.332. The van der Waals surface area contributed by atoms with E-state index in [4.69, 9.17) is 4.74 Å². The third kappa shape index (κ3) is 6.75. The van der Waals surface area contributed by atoms with Gasteiger partial charge in [0.05, 0.1) is 12.7 Å². The number of nitrogens with zero attached hydrogens (tertiary/aromatic N) is 1. The first-order valence-corrected chi connectivity index (χ1v) is 6.12. The Kier molecular flexibility index (Phi) is 7.60. The van der Waals surface area contributed by atoms with Gasteiger partial charge in [0.2, 0.25) is 0 Å². The van der Waals surface area contributed by atoms with Gasteiger partial charge in [-0.05, 0) is 25.0 Å². The van der Waals surface area contributed by atoms with Crippen LogP contribution in [0.15, 0.2) is 30.3 Å². The molecule has 1 aromatic carbocycles. The molecule has 0 radical (unpaired) electrons. The Morgan fingerprint density at radius 2 is 1.89 bits per heavy atom. The Balaban J connectivity index is 0.00000180. The normalized spacial score (nSPS) is 20.3. The van der Waals surface area contributed by atoms with Crippen molar-refractivity contribution in [3.8, 4) is 0 Å². The number of benzene rings is 1. The van der Waals surface area contributed by atoms with E-state index < -0.39 is 13.4 Å². The molecule has 0 amide bonds. The Hall–Kier alpha value is 0.631. The van der Waals surface area contributed by atoms with Crippen molar-refractivity contribution in [2.45, 2.75) is 19.1 Å². The molecule has 1 atom stereocenters. The molecule has 1 aliphatic heterocycles. The average molecular weight is 297 g/mol. The molecule has 1 aromatic rings. The molecule has 0 N–H and O–H groups in total. The maximum absolute atomic E-state index is 12.3. The third-order valence-corrected chi connectivity index (χ3v) is 3.02. The van der Waals surface area contributed by atoms with Crippen LogP contribution in [0.4, 0.5) is 12.9 Å². The molecule has 2 nitrogen and oxygen atoms in total. The smallest absolute Gasteiger partial charge is 0.448 e. The van der Waals surface area contributed by atoms with Crippen LogP contribution in [0.3, 0.4) is 0 Å². The van der Waals surface area contributed by atoms with Crippen molar-refractivity contribution in [3.05, 3.63) is 35.9 Å². The molecule has 0 spiro atoms. The molecule has 0 aliphatic carbocycles. The van der Waals surface area contributed by atoms with E-state index in [9.17, 15) is 12.9 Å². The Morgan fingerprint density at radius 3 is 2.53 bits per heavy atom. The second-order valence-corrected chi connectivity index (χ2v) is 4.68. The Labute approximate surface area is 154 Å². The van der Waals surface area contributed by atoms with Crippen LogP contribution in [0, 0.1) is 0 Å². The van der Waals surface area contributed by atoms with Gasteiger partial charge in [-0.3, -0.25) is 0 Å². The first kappa shape index (κ1) is 17.7. The van der Waals surface area contributed by atoms with Crippen LogP contribution in [0.1, 0.15) is 12.0 Å². The molecule has 1 unspecified atom stereocenters. The molecule has 1 aliphatic rings. The molecule has 100 valence electrons. The third-order valence-electron chi connectivity index (χ3n) is 3.02. The summed E-state index contributed by atoms with van der Waals surface area (Å²) in [5.41, 5.74) is 1.05. The SMILES string of the molecule is F[B-](F)(F)CN1CCC(OCc2ccccc2)C1.[K+]. The van der Waals surface area contributed by atoms with E-state index in [1.54, 1.807) is 0 Å². The van der Waals surface area contributed by atoms with Gasteiger partial charge in [0.15, 0.2) is 0 Å². The summed E-state index contributed by atoms with van der Waals surface area (Å²) < 4.78 is 42.4. The summed E-state index contributed by atoms with van der Waals surface area (Å²) in [6, 6.07) is 9.67. The van der Waals surface area contributed by atoms with Crippen LogP contribution in [0.5, 0.6) is 0 Å². The van der Waals surface area contributed by atoms with Crippen molar-refractivity contribution in [3.63, 3.8) is 0 Å². The van der Waals surface area contributed by atoms with Crippen molar-refractivity contribution < 1.29 is 69.1 Å². The van der Waals surface area contributed by atoms with E-state index in [0.717, 1.165) is 5.56 Å². The molecule has 7 heteroatoms. The van der Waals surface area contributed by atoms with Gasteiger partial charge in [0, 0.05) is 6.54 Å². The van der Waals surface area contributed by atoms with Gasteiger partial charge in [-0.1, -0.05) is 30.3 Å². The Morgan fingerprint density at radius 1 is 1.21 bits per heavy atom. The maximum atomic E-state index is 12.3. The van der Waals surface area contributed by atoms with Gasteiger partial charge in [-0.15, -0.1) is 0 Å². The van der Waals surface area contributed by atoms with Gasteiger partial charge in [-0.2, -0.15) is 0 Å². The largest absolute Gasteiger partial charge is 1.00 e. The summed E-state index contributed by atoms with van der Waals surface area (Å²) in [6.07, 6.45) is -0.173. The van der Waals surface area contributed by atoms with Gasteiger partial charge < -0.3 is 22.6 Å². The quantitative estimate of drug-likeness (QED) is 0.690. The maximum Gasteiger partial charge on any atom is 1.00 e. The summed E-state index contributed by atoms with van der Waals surface area (Å²) in [6.45, 7) is -3.40. The molecule has 19 heavy (non-hydrogen) atoms. The van der Waals surface area contributed by atoms with Crippen LogP contribution in [0.2, 0.25) is 0 Å². The Bertz CT molecular complexity index is 377. The summed E-state index contributed by atoms with van der Waals surface area (Å²) in [5, 5.41) is 0. The van der Waals surface area contributed by atoms with E-state index >= 15 is 0 Å². The minimum absolute atomic E-state index is 0.